The molecule has 0 aliphatic heterocycles. The Morgan fingerprint density at radius 1 is 1.32 bits per heavy atom. The molecule has 122 valence electrons. The molecule has 0 saturated carbocycles. The van der Waals surface area contributed by atoms with Crippen molar-refractivity contribution < 1.29 is 23.8 Å². The Morgan fingerprint density at radius 2 is 2.00 bits per heavy atom. The molecule has 2 amide bonds. The number of halogens is 1. The molecule has 0 fully saturated rings. The van der Waals surface area contributed by atoms with Gasteiger partial charge in [0.2, 0.25) is 0 Å². The van der Waals surface area contributed by atoms with E-state index in [2.05, 4.69) is 10.6 Å². The van der Waals surface area contributed by atoms with Gasteiger partial charge in [-0.25, -0.2) is 9.18 Å². The van der Waals surface area contributed by atoms with Gasteiger partial charge in [-0.1, -0.05) is 12.1 Å². The zero-order valence-electron chi connectivity index (χ0n) is 12.7. The monoisotopic (exact) mass is 312 g/mol. The number of carbonyl (C=O) groups excluding carboxylic acids is 1. The molecule has 0 radical (unpaired) electrons. The highest BCUT2D eigenvalue weighted by molar-refractivity contribution is 5.91. The number of carboxylic acids is 1. The van der Waals surface area contributed by atoms with E-state index in [4.69, 9.17) is 9.84 Å². The van der Waals surface area contributed by atoms with Crippen LogP contribution in [0.2, 0.25) is 0 Å². The summed E-state index contributed by atoms with van der Waals surface area (Å²) in [4.78, 5) is 22.6. The first-order valence-corrected chi connectivity index (χ1v) is 6.93. The number of hydrogen-bond donors (Lipinski definition) is 3. The second-order valence-electron chi connectivity index (χ2n) is 5.39. The maximum atomic E-state index is 12.2. The molecule has 0 aromatic heterocycles. The van der Waals surface area contributed by atoms with Crippen LogP contribution in [0.15, 0.2) is 24.3 Å². The van der Waals surface area contributed by atoms with Crippen LogP contribution in [0.25, 0.3) is 0 Å². The SMILES string of the molecule is CC(C)(CCC(=O)O)NC(=O)Nc1ccccc1OCCF. The van der Waals surface area contributed by atoms with E-state index in [-0.39, 0.29) is 13.0 Å². The highest BCUT2D eigenvalue weighted by Crippen LogP contribution is 2.24. The van der Waals surface area contributed by atoms with Gasteiger partial charge >= 0.3 is 12.0 Å². The molecular formula is C15H21FN2O4. The van der Waals surface area contributed by atoms with Crippen LogP contribution in [-0.2, 0) is 4.79 Å². The molecule has 1 rings (SSSR count). The van der Waals surface area contributed by atoms with Crippen LogP contribution in [0.3, 0.4) is 0 Å². The van der Waals surface area contributed by atoms with Crippen LogP contribution in [0.5, 0.6) is 5.75 Å². The highest BCUT2D eigenvalue weighted by Gasteiger charge is 2.22. The first-order chi connectivity index (χ1) is 10.3. The van der Waals surface area contributed by atoms with Gasteiger partial charge in [0.1, 0.15) is 19.0 Å². The number of alkyl halides is 1. The second-order valence-corrected chi connectivity index (χ2v) is 5.39. The van der Waals surface area contributed by atoms with E-state index in [0.717, 1.165) is 0 Å². The molecule has 7 heteroatoms. The van der Waals surface area contributed by atoms with E-state index in [1.807, 2.05) is 0 Å². The van der Waals surface area contributed by atoms with Crippen molar-refractivity contribution in [3.8, 4) is 5.75 Å². The third kappa shape index (κ3) is 6.43. The van der Waals surface area contributed by atoms with Crippen LogP contribution in [-0.4, -0.2) is 35.9 Å². The van der Waals surface area contributed by atoms with Crippen molar-refractivity contribution >= 4 is 17.7 Å². The summed E-state index contributed by atoms with van der Waals surface area (Å²) < 4.78 is 17.4. The smallest absolute Gasteiger partial charge is 0.319 e. The Kier molecular flexibility index (Phi) is 6.62. The van der Waals surface area contributed by atoms with E-state index < -0.39 is 24.2 Å². The average molecular weight is 312 g/mol. The van der Waals surface area contributed by atoms with Crippen molar-refractivity contribution in [3.05, 3.63) is 24.3 Å². The van der Waals surface area contributed by atoms with E-state index in [0.29, 0.717) is 17.9 Å². The van der Waals surface area contributed by atoms with E-state index in [9.17, 15) is 14.0 Å². The summed E-state index contributed by atoms with van der Waals surface area (Å²) in [5, 5.41) is 14.0. The number of aliphatic carboxylic acids is 1. The van der Waals surface area contributed by atoms with Gasteiger partial charge in [0.15, 0.2) is 0 Å². The summed E-state index contributed by atoms with van der Waals surface area (Å²) in [5.74, 6) is -0.543. The van der Waals surface area contributed by atoms with Gasteiger partial charge in [-0.05, 0) is 32.4 Å². The number of carbonyl (C=O) groups is 2. The molecule has 6 nitrogen and oxygen atoms in total. The topological polar surface area (TPSA) is 87.7 Å². The van der Waals surface area contributed by atoms with Crippen molar-refractivity contribution in [2.24, 2.45) is 0 Å². The fraction of sp³-hybridized carbons (Fsp3) is 0.467. The molecule has 0 saturated heterocycles. The largest absolute Gasteiger partial charge is 0.489 e. The Hall–Kier alpha value is -2.31. The molecule has 22 heavy (non-hydrogen) atoms. The standard InChI is InChI=1S/C15H21FN2O4/c1-15(2,8-7-13(19)20)18-14(21)17-11-5-3-4-6-12(11)22-10-9-16/h3-6H,7-10H2,1-2H3,(H,19,20)(H2,17,18,21). The molecule has 0 unspecified atom stereocenters. The summed E-state index contributed by atoms with van der Waals surface area (Å²) in [5.41, 5.74) is -0.250. The van der Waals surface area contributed by atoms with Crippen LogP contribution in [0, 0.1) is 0 Å². The minimum Gasteiger partial charge on any atom is -0.489 e. The van der Waals surface area contributed by atoms with Crippen LogP contribution in [0.1, 0.15) is 26.7 Å². The lowest BCUT2D eigenvalue weighted by Gasteiger charge is -2.26. The number of carboxylic acid groups (broad SMARTS) is 1. The lowest BCUT2D eigenvalue weighted by atomic mass is 9.99. The zero-order chi connectivity index (χ0) is 16.6. The molecular weight excluding hydrogens is 291 g/mol. The number of benzene rings is 1. The lowest BCUT2D eigenvalue weighted by molar-refractivity contribution is -0.137. The predicted molar refractivity (Wildman–Crippen MR) is 81.0 cm³/mol. The molecule has 1 aromatic carbocycles. The Morgan fingerprint density at radius 3 is 2.64 bits per heavy atom. The minimum absolute atomic E-state index is 0.0382. The maximum Gasteiger partial charge on any atom is 0.319 e. The number of amides is 2. The molecule has 0 heterocycles. The number of para-hydroxylation sites is 2. The minimum atomic E-state index is -0.916. The summed E-state index contributed by atoms with van der Waals surface area (Å²) in [6, 6.07) is 6.21. The fourth-order valence-electron chi connectivity index (χ4n) is 1.79. The molecule has 0 bridgehead atoms. The zero-order valence-corrected chi connectivity index (χ0v) is 12.7. The Balaban J connectivity index is 2.63. The van der Waals surface area contributed by atoms with E-state index in [1.165, 1.54) is 0 Å². The molecule has 0 aliphatic rings. The summed E-state index contributed by atoms with van der Waals surface area (Å²) in [6.07, 6.45) is 0.263. The molecule has 3 N–H and O–H groups in total. The van der Waals surface area contributed by atoms with E-state index in [1.54, 1.807) is 38.1 Å². The molecule has 1 aromatic rings. The van der Waals surface area contributed by atoms with Crippen LogP contribution < -0.4 is 15.4 Å². The number of ether oxygens (including phenoxy) is 1. The van der Waals surface area contributed by atoms with Gasteiger partial charge in [-0.2, -0.15) is 0 Å². The Bertz CT molecular complexity index is 520. The van der Waals surface area contributed by atoms with Crippen molar-refractivity contribution in [3.63, 3.8) is 0 Å². The van der Waals surface area contributed by atoms with Gasteiger partial charge in [-0.15, -0.1) is 0 Å². The fourth-order valence-corrected chi connectivity index (χ4v) is 1.79. The highest BCUT2D eigenvalue weighted by atomic mass is 19.1. The first kappa shape index (κ1) is 17.7. The third-order valence-electron chi connectivity index (χ3n) is 2.89. The normalized spacial score (nSPS) is 10.9. The number of anilines is 1. The van der Waals surface area contributed by atoms with Gasteiger partial charge in [0.05, 0.1) is 5.69 Å². The maximum absolute atomic E-state index is 12.2. The molecule has 0 spiro atoms. The van der Waals surface area contributed by atoms with E-state index >= 15 is 0 Å². The molecule has 0 aliphatic carbocycles. The van der Waals surface area contributed by atoms with Gasteiger partial charge < -0.3 is 20.5 Å². The number of urea groups is 1. The molecule has 0 atom stereocenters. The first-order valence-electron chi connectivity index (χ1n) is 6.93. The third-order valence-corrected chi connectivity index (χ3v) is 2.89. The summed E-state index contributed by atoms with van der Waals surface area (Å²) in [7, 11) is 0. The summed E-state index contributed by atoms with van der Waals surface area (Å²) in [6.45, 7) is 2.76. The van der Waals surface area contributed by atoms with Gasteiger partial charge in [0, 0.05) is 12.0 Å². The number of nitrogens with one attached hydrogen (secondary N) is 2. The Labute approximate surface area is 128 Å². The average Bonchev–Trinajstić information content (AvgIpc) is 2.44. The second kappa shape index (κ2) is 8.21. The van der Waals surface area contributed by atoms with Crippen molar-refractivity contribution in [2.45, 2.75) is 32.2 Å². The van der Waals surface area contributed by atoms with Crippen LogP contribution >= 0.6 is 0 Å². The van der Waals surface area contributed by atoms with Gasteiger partial charge in [0.25, 0.3) is 0 Å². The van der Waals surface area contributed by atoms with Crippen molar-refractivity contribution in [1.29, 1.82) is 0 Å². The quantitative estimate of drug-likeness (QED) is 0.689. The van der Waals surface area contributed by atoms with Gasteiger partial charge in [-0.3, -0.25) is 4.79 Å². The van der Waals surface area contributed by atoms with Crippen LogP contribution in [0.4, 0.5) is 14.9 Å². The number of rotatable bonds is 8. The lowest BCUT2D eigenvalue weighted by Crippen LogP contribution is -2.45. The van der Waals surface area contributed by atoms with Crippen molar-refractivity contribution in [1.82, 2.24) is 5.32 Å². The predicted octanol–water partition coefficient (Wildman–Crippen LogP) is 2.80. The number of hydrogen-bond acceptors (Lipinski definition) is 3. The van der Waals surface area contributed by atoms with Crippen molar-refractivity contribution in [2.75, 3.05) is 18.6 Å². The summed E-state index contributed by atoms with van der Waals surface area (Å²) >= 11 is 0.